The molecular weight excluding hydrogens is 296 g/mol. The molecule has 4 N–H and O–H groups in total. The van der Waals surface area contributed by atoms with Crippen LogP contribution >= 0.6 is 15.9 Å². The first kappa shape index (κ1) is 12.3. The van der Waals surface area contributed by atoms with E-state index in [0.717, 1.165) is 6.20 Å². The molecule has 1 aromatic rings. The van der Waals surface area contributed by atoms with Gasteiger partial charge in [-0.2, -0.15) is 0 Å². The van der Waals surface area contributed by atoms with Gasteiger partial charge in [0.2, 0.25) is 10.0 Å². The van der Waals surface area contributed by atoms with Crippen molar-refractivity contribution in [2.75, 3.05) is 5.73 Å². The molecule has 0 spiro atoms. The SMILES string of the molecule is Nc1ncc(C(F)F)c(Br)c1S(N)(=O)=O. The van der Waals surface area contributed by atoms with Gasteiger partial charge < -0.3 is 5.73 Å². The number of hydrogen-bond donors (Lipinski definition) is 2. The molecule has 0 saturated carbocycles. The molecule has 0 aliphatic heterocycles. The maximum atomic E-state index is 12.4. The van der Waals surface area contributed by atoms with Crippen LogP contribution in [0.15, 0.2) is 15.6 Å². The Balaban J connectivity index is 3.59. The Kier molecular flexibility index (Phi) is 3.26. The molecule has 0 aliphatic rings. The van der Waals surface area contributed by atoms with Crippen molar-refractivity contribution >= 4 is 31.8 Å². The number of nitrogens with zero attached hydrogens (tertiary/aromatic N) is 1. The molecule has 1 rings (SSSR count). The minimum absolute atomic E-state index is 0.354. The molecule has 84 valence electrons. The summed E-state index contributed by atoms with van der Waals surface area (Å²) < 4.78 is 46.5. The van der Waals surface area contributed by atoms with Crippen molar-refractivity contribution in [2.45, 2.75) is 11.3 Å². The summed E-state index contributed by atoms with van der Waals surface area (Å²) >= 11 is 2.71. The summed E-state index contributed by atoms with van der Waals surface area (Å²) in [4.78, 5) is 2.71. The van der Waals surface area contributed by atoms with Gasteiger partial charge in [-0.15, -0.1) is 0 Å². The topological polar surface area (TPSA) is 99.1 Å². The molecule has 5 nitrogen and oxygen atoms in total. The second kappa shape index (κ2) is 3.99. The van der Waals surface area contributed by atoms with E-state index in [-0.39, 0.29) is 4.47 Å². The van der Waals surface area contributed by atoms with Crippen LogP contribution < -0.4 is 10.9 Å². The number of pyridine rings is 1. The highest BCUT2D eigenvalue weighted by atomic mass is 79.9. The standard InChI is InChI=1S/C6H6BrF2N3O2S/c7-3-2(5(8)9)1-12-6(10)4(3)15(11,13)14/h1,5H,(H2,10,12)(H2,11,13,14). The fourth-order valence-corrected chi connectivity index (χ4v) is 2.79. The Labute approximate surface area is 92.7 Å². The first-order valence-corrected chi connectivity index (χ1v) is 5.84. The predicted octanol–water partition coefficient (Wildman–Crippen LogP) is 1.01. The van der Waals surface area contributed by atoms with E-state index in [1.165, 1.54) is 0 Å². The number of nitrogen functional groups attached to an aromatic ring is 1. The van der Waals surface area contributed by atoms with Crippen LogP contribution in [0.25, 0.3) is 0 Å². The predicted molar refractivity (Wildman–Crippen MR) is 52.7 cm³/mol. The fraction of sp³-hybridized carbons (Fsp3) is 0.167. The van der Waals surface area contributed by atoms with Crippen LogP contribution in [0, 0.1) is 0 Å². The highest BCUT2D eigenvalue weighted by molar-refractivity contribution is 9.10. The maximum absolute atomic E-state index is 12.4. The van der Waals surface area contributed by atoms with Crippen molar-refractivity contribution in [2.24, 2.45) is 5.14 Å². The summed E-state index contributed by atoms with van der Waals surface area (Å²) in [5.74, 6) is -0.422. The summed E-state index contributed by atoms with van der Waals surface area (Å²) in [7, 11) is -4.19. The molecule has 9 heteroatoms. The first-order valence-electron chi connectivity index (χ1n) is 3.50. The molecule has 0 unspecified atom stereocenters. The maximum Gasteiger partial charge on any atom is 0.266 e. The molecule has 0 aliphatic carbocycles. The fourth-order valence-electron chi connectivity index (χ4n) is 0.921. The van der Waals surface area contributed by atoms with E-state index < -0.39 is 32.7 Å². The Morgan fingerprint density at radius 3 is 2.40 bits per heavy atom. The van der Waals surface area contributed by atoms with Gasteiger partial charge >= 0.3 is 0 Å². The van der Waals surface area contributed by atoms with Crippen LogP contribution in [-0.2, 0) is 10.0 Å². The summed E-state index contributed by atoms with van der Waals surface area (Å²) in [6.07, 6.45) is -2.08. The smallest absolute Gasteiger partial charge is 0.266 e. The van der Waals surface area contributed by atoms with Crippen molar-refractivity contribution in [3.8, 4) is 0 Å². The van der Waals surface area contributed by atoms with Crippen LogP contribution in [-0.4, -0.2) is 13.4 Å². The lowest BCUT2D eigenvalue weighted by molar-refractivity contribution is 0.150. The molecule has 0 saturated heterocycles. The van der Waals surface area contributed by atoms with E-state index in [9.17, 15) is 17.2 Å². The monoisotopic (exact) mass is 301 g/mol. The number of anilines is 1. The minimum Gasteiger partial charge on any atom is -0.383 e. The summed E-state index contributed by atoms with van der Waals surface area (Å²) in [6, 6.07) is 0. The summed E-state index contributed by atoms with van der Waals surface area (Å²) in [5.41, 5.74) is 4.66. The Hall–Kier alpha value is -0.800. The van der Waals surface area contributed by atoms with Gasteiger partial charge in [0.05, 0.1) is 10.0 Å². The number of hydrogen-bond acceptors (Lipinski definition) is 4. The van der Waals surface area contributed by atoms with Crippen molar-refractivity contribution in [1.29, 1.82) is 0 Å². The van der Waals surface area contributed by atoms with Crippen LogP contribution in [0.2, 0.25) is 0 Å². The highest BCUT2D eigenvalue weighted by Crippen LogP contribution is 2.33. The van der Waals surface area contributed by atoms with E-state index in [1.54, 1.807) is 0 Å². The molecule has 0 aromatic carbocycles. The number of nitrogens with two attached hydrogens (primary N) is 2. The molecule has 0 atom stereocenters. The Morgan fingerprint density at radius 1 is 1.47 bits per heavy atom. The van der Waals surface area contributed by atoms with Gasteiger partial charge in [0.15, 0.2) is 0 Å². The summed E-state index contributed by atoms with van der Waals surface area (Å²) in [5, 5.41) is 4.80. The number of halogens is 3. The minimum atomic E-state index is -4.19. The molecule has 0 fully saturated rings. The van der Waals surface area contributed by atoms with Gasteiger partial charge in [0, 0.05) is 6.20 Å². The van der Waals surface area contributed by atoms with E-state index in [0.29, 0.717) is 0 Å². The lowest BCUT2D eigenvalue weighted by atomic mass is 10.3. The van der Waals surface area contributed by atoms with E-state index in [4.69, 9.17) is 10.9 Å². The van der Waals surface area contributed by atoms with Crippen molar-refractivity contribution in [3.63, 3.8) is 0 Å². The third kappa shape index (κ3) is 2.41. The van der Waals surface area contributed by atoms with E-state index in [1.807, 2.05) is 0 Å². The average molecular weight is 302 g/mol. The van der Waals surface area contributed by atoms with Gasteiger partial charge in [-0.05, 0) is 15.9 Å². The number of rotatable bonds is 2. The van der Waals surface area contributed by atoms with Crippen LogP contribution in [0.4, 0.5) is 14.6 Å². The molecule has 15 heavy (non-hydrogen) atoms. The highest BCUT2D eigenvalue weighted by Gasteiger charge is 2.24. The normalized spacial score (nSPS) is 12.1. The molecular formula is C6H6BrF2N3O2S. The van der Waals surface area contributed by atoms with Crippen LogP contribution in [0.5, 0.6) is 0 Å². The van der Waals surface area contributed by atoms with Crippen molar-refractivity contribution < 1.29 is 17.2 Å². The molecule has 0 amide bonds. The zero-order valence-corrected chi connectivity index (χ0v) is 9.52. The molecule has 1 aromatic heterocycles. The molecule has 1 heterocycles. The van der Waals surface area contributed by atoms with Gasteiger partial charge in [-0.3, -0.25) is 0 Å². The molecule has 0 radical (unpaired) electrons. The van der Waals surface area contributed by atoms with Gasteiger partial charge in [0.1, 0.15) is 10.7 Å². The van der Waals surface area contributed by atoms with Gasteiger partial charge in [-0.1, -0.05) is 0 Å². The van der Waals surface area contributed by atoms with Gasteiger partial charge in [0.25, 0.3) is 6.43 Å². The first-order chi connectivity index (χ1) is 6.75. The second-order valence-corrected chi connectivity index (χ2v) is 4.88. The lowest BCUT2D eigenvalue weighted by Gasteiger charge is -2.09. The Bertz CT molecular complexity index is 491. The third-order valence-corrected chi connectivity index (χ3v) is 3.65. The number of alkyl halides is 2. The van der Waals surface area contributed by atoms with E-state index >= 15 is 0 Å². The number of sulfonamides is 1. The van der Waals surface area contributed by atoms with Gasteiger partial charge in [-0.25, -0.2) is 27.3 Å². The van der Waals surface area contributed by atoms with E-state index in [2.05, 4.69) is 20.9 Å². The summed E-state index contributed by atoms with van der Waals surface area (Å²) in [6.45, 7) is 0. The zero-order valence-electron chi connectivity index (χ0n) is 7.12. The lowest BCUT2D eigenvalue weighted by Crippen LogP contribution is -2.16. The van der Waals surface area contributed by atoms with Crippen molar-refractivity contribution in [1.82, 2.24) is 4.98 Å². The van der Waals surface area contributed by atoms with Crippen LogP contribution in [0.3, 0.4) is 0 Å². The quantitative estimate of drug-likeness (QED) is 0.851. The number of primary sulfonamides is 1. The average Bonchev–Trinajstić information content (AvgIpc) is 2.00. The largest absolute Gasteiger partial charge is 0.383 e. The van der Waals surface area contributed by atoms with Crippen molar-refractivity contribution in [3.05, 3.63) is 16.2 Å². The third-order valence-electron chi connectivity index (χ3n) is 1.55. The second-order valence-electron chi connectivity index (χ2n) is 2.59. The zero-order chi connectivity index (χ0) is 11.8. The number of aromatic nitrogens is 1. The Morgan fingerprint density at radius 2 is 2.00 bits per heavy atom. The van der Waals surface area contributed by atoms with Crippen LogP contribution in [0.1, 0.15) is 12.0 Å². The molecule has 0 bridgehead atoms.